The fourth-order valence-electron chi connectivity index (χ4n) is 2.57. The summed E-state index contributed by atoms with van der Waals surface area (Å²) in [6.07, 6.45) is 8.12. The molecular weight excluding hydrogens is 216 g/mol. The normalized spacial score (nSPS) is 31.4. The minimum absolute atomic E-state index is 0.287. The fourth-order valence-corrected chi connectivity index (χ4v) is 2.57. The molecule has 0 aliphatic carbocycles. The molecule has 0 amide bonds. The van der Waals surface area contributed by atoms with E-state index in [1.165, 1.54) is 0 Å². The summed E-state index contributed by atoms with van der Waals surface area (Å²) in [6.45, 7) is 6.24. The molecule has 2 heterocycles. The van der Waals surface area contributed by atoms with E-state index in [1.54, 1.807) is 0 Å². The van der Waals surface area contributed by atoms with Crippen LogP contribution in [-0.2, 0) is 14.2 Å². The molecule has 0 N–H and O–H groups in total. The SMILES string of the molecule is CCCC(OC(CCC)C1CCO1)C1CCO1. The standard InChI is InChI=1S/C14H26O3/c1-3-5-13(11-7-9-15-11)17-14(6-4-2)12-8-10-16-12/h11-14H,3-10H2,1-2H3. The van der Waals surface area contributed by atoms with Crippen LogP contribution >= 0.6 is 0 Å². The summed E-state index contributed by atoms with van der Waals surface area (Å²) in [5, 5.41) is 0. The molecule has 2 fully saturated rings. The average Bonchev–Trinajstić information content (AvgIpc) is 2.12. The fraction of sp³-hybridized carbons (Fsp3) is 1.00. The van der Waals surface area contributed by atoms with Gasteiger partial charge in [-0.1, -0.05) is 26.7 Å². The van der Waals surface area contributed by atoms with Crippen molar-refractivity contribution in [3.63, 3.8) is 0 Å². The Morgan fingerprint density at radius 2 is 1.35 bits per heavy atom. The maximum Gasteiger partial charge on any atom is 0.0858 e. The second-order valence-electron chi connectivity index (χ2n) is 5.19. The van der Waals surface area contributed by atoms with E-state index in [4.69, 9.17) is 14.2 Å². The van der Waals surface area contributed by atoms with Gasteiger partial charge < -0.3 is 14.2 Å². The van der Waals surface area contributed by atoms with E-state index >= 15 is 0 Å². The lowest BCUT2D eigenvalue weighted by Crippen LogP contribution is -2.47. The van der Waals surface area contributed by atoms with Crippen molar-refractivity contribution in [2.24, 2.45) is 0 Å². The van der Waals surface area contributed by atoms with Crippen LogP contribution in [0, 0.1) is 0 Å². The van der Waals surface area contributed by atoms with Crippen LogP contribution in [0.15, 0.2) is 0 Å². The maximum absolute atomic E-state index is 6.29. The molecule has 2 aliphatic rings. The van der Waals surface area contributed by atoms with E-state index in [0.717, 1.165) is 51.7 Å². The molecule has 4 unspecified atom stereocenters. The maximum atomic E-state index is 6.29. The van der Waals surface area contributed by atoms with Crippen molar-refractivity contribution in [1.29, 1.82) is 0 Å². The Morgan fingerprint density at radius 1 is 0.941 bits per heavy atom. The summed E-state index contributed by atoms with van der Waals surface area (Å²) < 4.78 is 17.5. The van der Waals surface area contributed by atoms with Crippen molar-refractivity contribution in [2.75, 3.05) is 13.2 Å². The van der Waals surface area contributed by atoms with Gasteiger partial charge in [-0.15, -0.1) is 0 Å². The molecule has 0 saturated carbocycles. The molecule has 2 saturated heterocycles. The van der Waals surface area contributed by atoms with E-state index in [2.05, 4.69) is 13.8 Å². The zero-order valence-corrected chi connectivity index (χ0v) is 11.2. The second kappa shape index (κ2) is 6.72. The third-order valence-corrected chi connectivity index (χ3v) is 3.79. The molecule has 3 heteroatoms. The number of hydrogen-bond donors (Lipinski definition) is 0. The van der Waals surface area contributed by atoms with Gasteiger partial charge in [0.05, 0.1) is 24.4 Å². The van der Waals surface area contributed by atoms with E-state index in [0.29, 0.717) is 12.2 Å². The predicted molar refractivity (Wildman–Crippen MR) is 67.2 cm³/mol. The molecule has 0 radical (unpaired) electrons. The van der Waals surface area contributed by atoms with Gasteiger partial charge in [-0.2, -0.15) is 0 Å². The van der Waals surface area contributed by atoms with Gasteiger partial charge in [0.2, 0.25) is 0 Å². The Balaban J connectivity index is 1.83. The average molecular weight is 242 g/mol. The molecule has 3 nitrogen and oxygen atoms in total. The van der Waals surface area contributed by atoms with Gasteiger partial charge in [0.25, 0.3) is 0 Å². The summed E-state index contributed by atoms with van der Waals surface area (Å²) in [5.74, 6) is 0. The zero-order chi connectivity index (χ0) is 12.1. The molecule has 0 aromatic rings. The minimum atomic E-state index is 0.287. The third-order valence-electron chi connectivity index (χ3n) is 3.79. The van der Waals surface area contributed by atoms with E-state index < -0.39 is 0 Å². The number of rotatable bonds is 8. The van der Waals surface area contributed by atoms with Crippen molar-refractivity contribution >= 4 is 0 Å². The molecule has 0 spiro atoms. The van der Waals surface area contributed by atoms with Crippen LogP contribution in [0.3, 0.4) is 0 Å². The van der Waals surface area contributed by atoms with Gasteiger partial charge in [-0.3, -0.25) is 0 Å². The van der Waals surface area contributed by atoms with Crippen LogP contribution in [-0.4, -0.2) is 37.6 Å². The smallest absolute Gasteiger partial charge is 0.0858 e. The second-order valence-corrected chi connectivity index (χ2v) is 5.19. The Kier molecular flexibility index (Phi) is 5.26. The van der Waals surface area contributed by atoms with Crippen molar-refractivity contribution in [2.45, 2.75) is 76.8 Å². The molecule has 0 aromatic carbocycles. The highest BCUT2D eigenvalue weighted by Gasteiger charge is 2.35. The van der Waals surface area contributed by atoms with Crippen LogP contribution in [0.4, 0.5) is 0 Å². The first kappa shape index (κ1) is 13.3. The van der Waals surface area contributed by atoms with Crippen molar-refractivity contribution < 1.29 is 14.2 Å². The predicted octanol–water partition coefficient (Wildman–Crippen LogP) is 2.92. The molecular formula is C14H26O3. The summed E-state index contributed by atoms with van der Waals surface area (Å²) in [6, 6.07) is 0. The molecule has 0 bridgehead atoms. The molecule has 4 atom stereocenters. The number of hydrogen-bond acceptors (Lipinski definition) is 3. The van der Waals surface area contributed by atoms with Crippen LogP contribution in [0.25, 0.3) is 0 Å². The molecule has 0 aromatic heterocycles. The van der Waals surface area contributed by atoms with Crippen LogP contribution in [0.2, 0.25) is 0 Å². The van der Waals surface area contributed by atoms with Crippen molar-refractivity contribution in [3.8, 4) is 0 Å². The Morgan fingerprint density at radius 3 is 1.59 bits per heavy atom. The Hall–Kier alpha value is -0.120. The highest BCUT2D eigenvalue weighted by Crippen LogP contribution is 2.28. The highest BCUT2D eigenvalue weighted by atomic mass is 16.6. The van der Waals surface area contributed by atoms with Gasteiger partial charge in [0, 0.05) is 13.2 Å². The Labute approximate surface area is 105 Å². The first-order chi connectivity index (χ1) is 8.35. The highest BCUT2D eigenvalue weighted by molar-refractivity contribution is 4.82. The largest absolute Gasteiger partial charge is 0.375 e. The van der Waals surface area contributed by atoms with Crippen LogP contribution in [0.5, 0.6) is 0 Å². The summed E-state index contributed by atoms with van der Waals surface area (Å²) in [5.41, 5.74) is 0. The van der Waals surface area contributed by atoms with Gasteiger partial charge in [0.15, 0.2) is 0 Å². The monoisotopic (exact) mass is 242 g/mol. The van der Waals surface area contributed by atoms with E-state index in [9.17, 15) is 0 Å². The quantitative estimate of drug-likeness (QED) is 0.655. The summed E-state index contributed by atoms with van der Waals surface area (Å²) >= 11 is 0. The van der Waals surface area contributed by atoms with Crippen molar-refractivity contribution in [3.05, 3.63) is 0 Å². The first-order valence-electron chi connectivity index (χ1n) is 7.23. The van der Waals surface area contributed by atoms with E-state index in [1.807, 2.05) is 0 Å². The van der Waals surface area contributed by atoms with Gasteiger partial charge in [0.1, 0.15) is 0 Å². The van der Waals surface area contributed by atoms with Gasteiger partial charge in [-0.25, -0.2) is 0 Å². The zero-order valence-electron chi connectivity index (χ0n) is 11.2. The molecule has 2 aliphatic heterocycles. The van der Waals surface area contributed by atoms with Crippen LogP contribution < -0.4 is 0 Å². The summed E-state index contributed by atoms with van der Waals surface area (Å²) in [7, 11) is 0. The Bertz CT molecular complexity index is 190. The van der Waals surface area contributed by atoms with E-state index in [-0.39, 0.29) is 12.2 Å². The first-order valence-corrected chi connectivity index (χ1v) is 7.23. The van der Waals surface area contributed by atoms with Crippen molar-refractivity contribution in [1.82, 2.24) is 0 Å². The summed E-state index contributed by atoms with van der Waals surface area (Å²) in [4.78, 5) is 0. The van der Waals surface area contributed by atoms with Gasteiger partial charge >= 0.3 is 0 Å². The molecule has 100 valence electrons. The lowest BCUT2D eigenvalue weighted by Gasteiger charge is -2.40. The molecule has 17 heavy (non-hydrogen) atoms. The topological polar surface area (TPSA) is 27.7 Å². The van der Waals surface area contributed by atoms with Crippen LogP contribution in [0.1, 0.15) is 52.4 Å². The third kappa shape index (κ3) is 3.43. The molecule has 2 rings (SSSR count). The number of ether oxygens (including phenoxy) is 3. The minimum Gasteiger partial charge on any atom is -0.375 e. The van der Waals surface area contributed by atoms with Gasteiger partial charge in [-0.05, 0) is 25.7 Å². The lowest BCUT2D eigenvalue weighted by molar-refractivity contribution is -0.202. The lowest BCUT2D eigenvalue weighted by atomic mass is 9.99.